The third kappa shape index (κ3) is 3.95. The van der Waals surface area contributed by atoms with Gasteiger partial charge < -0.3 is 9.64 Å². The summed E-state index contributed by atoms with van der Waals surface area (Å²) in [5.74, 6) is 0.145. The van der Waals surface area contributed by atoms with Crippen molar-refractivity contribution in [1.82, 2.24) is 4.90 Å². The van der Waals surface area contributed by atoms with Crippen molar-refractivity contribution < 1.29 is 17.9 Å². The summed E-state index contributed by atoms with van der Waals surface area (Å²) in [5.41, 5.74) is 0. The molecule has 1 fully saturated rings. The number of hydrogen-bond donors (Lipinski definition) is 1. The summed E-state index contributed by atoms with van der Waals surface area (Å²) >= 11 is 0. The molecule has 0 aromatic carbocycles. The van der Waals surface area contributed by atoms with E-state index in [0.717, 1.165) is 25.9 Å². The molecule has 3 nitrogen and oxygen atoms in total. The molecule has 1 heterocycles. The molecule has 1 N–H and O–H groups in total. The van der Waals surface area contributed by atoms with Gasteiger partial charge in [-0.2, -0.15) is 13.2 Å². The van der Waals surface area contributed by atoms with E-state index in [2.05, 4.69) is 4.74 Å². The van der Waals surface area contributed by atoms with E-state index in [-0.39, 0.29) is 12.4 Å². The molecule has 0 unspecified atom stereocenters. The van der Waals surface area contributed by atoms with E-state index in [0.29, 0.717) is 0 Å². The van der Waals surface area contributed by atoms with Gasteiger partial charge in [-0.15, -0.1) is 0 Å². The molecule has 82 valence electrons. The van der Waals surface area contributed by atoms with Crippen molar-refractivity contribution in [2.45, 2.75) is 19.0 Å². The van der Waals surface area contributed by atoms with Crippen LogP contribution in [0.25, 0.3) is 0 Å². The molecular formula is C8H13F3N2O. The van der Waals surface area contributed by atoms with Gasteiger partial charge in [0.1, 0.15) is 19.0 Å². The summed E-state index contributed by atoms with van der Waals surface area (Å²) in [6.07, 6.45) is -2.30. The largest absolute Gasteiger partial charge is 0.411 e. The molecule has 1 saturated heterocycles. The van der Waals surface area contributed by atoms with Crippen LogP contribution in [0.15, 0.2) is 0 Å². The lowest BCUT2D eigenvalue weighted by atomic mass is 10.4. The molecule has 0 radical (unpaired) electrons. The number of likely N-dealkylation sites (tertiary alicyclic amines) is 1. The summed E-state index contributed by atoms with van der Waals surface area (Å²) in [5, 5.41) is 7.43. The van der Waals surface area contributed by atoms with Gasteiger partial charge in [-0.3, -0.25) is 5.41 Å². The van der Waals surface area contributed by atoms with E-state index in [1.54, 1.807) is 4.90 Å². The number of nitrogens with zero attached hydrogens (tertiary/aromatic N) is 1. The summed E-state index contributed by atoms with van der Waals surface area (Å²) in [6.45, 7) is -0.00878. The highest BCUT2D eigenvalue weighted by atomic mass is 19.4. The summed E-state index contributed by atoms with van der Waals surface area (Å²) in [6, 6.07) is 0. The molecule has 0 bridgehead atoms. The van der Waals surface area contributed by atoms with Gasteiger partial charge >= 0.3 is 6.18 Å². The Bertz CT molecular complexity index is 199. The van der Waals surface area contributed by atoms with Crippen LogP contribution in [-0.4, -0.2) is 43.2 Å². The fraction of sp³-hybridized carbons (Fsp3) is 0.875. The zero-order valence-electron chi connectivity index (χ0n) is 7.73. The Labute approximate surface area is 80.3 Å². The monoisotopic (exact) mass is 210 g/mol. The number of nitrogens with one attached hydrogen (secondary N) is 1. The first kappa shape index (κ1) is 11.3. The van der Waals surface area contributed by atoms with Crippen molar-refractivity contribution in [2.75, 3.05) is 26.3 Å². The first-order valence-corrected chi connectivity index (χ1v) is 4.46. The minimum atomic E-state index is -4.30. The van der Waals surface area contributed by atoms with Gasteiger partial charge in [-0.05, 0) is 12.8 Å². The molecule has 6 heteroatoms. The Hall–Kier alpha value is -0.780. The molecule has 0 amide bonds. The molecular weight excluding hydrogens is 197 g/mol. The van der Waals surface area contributed by atoms with E-state index < -0.39 is 12.8 Å². The van der Waals surface area contributed by atoms with Crippen molar-refractivity contribution in [1.29, 1.82) is 5.41 Å². The molecule has 0 aromatic heterocycles. The highest BCUT2D eigenvalue weighted by Crippen LogP contribution is 2.14. The van der Waals surface area contributed by atoms with Crippen LogP contribution in [-0.2, 0) is 4.74 Å². The second kappa shape index (κ2) is 4.63. The lowest BCUT2D eigenvalue weighted by molar-refractivity contribution is -0.170. The Balaban J connectivity index is 2.15. The average Bonchev–Trinajstić information content (AvgIpc) is 2.53. The second-order valence-corrected chi connectivity index (χ2v) is 3.25. The molecule has 1 aliphatic rings. The highest BCUT2D eigenvalue weighted by Gasteiger charge is 2.28. The van der Waals surface area contributed by atoms with Crippen LogP contribution in [0.1, 0.15) is 12.8 Å². The Morgan fingerprint density at radius 3 is 2.36 bits per heavy atom. The van der Waals surface area contributed by atoms with E-state index >= 15 is 0 Å². The average molecular weight is 210 g/mol. The van der Waals surface area contributed by atoms with Crippen molar-refractivity contribution in [3.63, 3.8) is 0 Å². The van der Waals surface area contributed by atoms with Crippen LogP contribution in [0, 0.1) is 5.41 Å². The zero-order valence-corrected chi connectivity index (χ0v) is 7.73. The summed E-state index contributed by atoms with van der Waals surface area (Å²) < 4.78 is 39.4. The quantitative estimate of drug-likeness (QED) is 0.567. The lowest BCUT2D eigenvalue weighted by Crippen LogP contribution is -2.32. The molecule has 0 aliphatic carbocycles. The standard InChI is InChI=1S/C8H13F3N2O/c9-8(10,11)6-14-5-7(12)13-3-1-2-4-13/h12H,1-6H2. The fourth-order valence-electron chi connectivity index (χ4n) is 1.34. The minimum absolute atomic E-state index is 0.145. The maximum atomic E-state index is 11.7. The van der Waals surface area contributed by atoms with Gasteiger partial charge in [0, 0.05) is 13.1 Å². The predicted octanol–water partition coefficient (Wildman–Crippen LogP) is 1.64. The second-order valence-electron chi connectivity index (χ2n) is 3.25. The maximum absolute atomic E-state index is 11.7. The number of halogens is 3. The van der Waals surface area contributed by atoms with E-state index in [9.17, 15) is 13.2 Å². The normalized spacial score (nSPS) is 17.5. The van der Waals surface area contributed by atoms with Crippen LogP contribution in [0.3, 0.4) is 0 Å². The Morgan fingerprint density at radius 1 is 1.29 bits per heavy atom. The number of amidine groups is 1. The molecule has 1 rings (SSSR count). The fourth-order valence-corrected chi connectivity index (χ4v) is 1.34. The van der Waals surface area contributed by atoms with Gasteiger partial charge in [0.25, 0.3) is 0 Å². The number of alkyl halides is 3. The van der Waals surface area contributed by atoms with E-state index in [1.165, 1.54) is 0 Å². The van der Waals surface area contributed by atoms with Gasteiger partial charge in [0.2, 0.25) is 0 Å². The SMILES string of the molecule is N=C(COCC(F)(F)F)N1CCCC1. The van der Waals surface area contributed by atoms with Gasteiger partial charge in [0.15, 0.2) is 0 Å². The Kier molecular flexibility index (Phi) is 3.74. The summed E-state index contributed by atoms with van der Waals surface area (Å²) in [7, 11) is 0. The van der Waals surface area contributed by atoms with Crippen LogP contribution in [0.4, 0.5) is 13.2 Å². The number of ether oxygens (including phenoxy) is 1. The van der Waals surface area contributed by atoms with Crippen molar-refractivity contribution in [3.05, 3.63) is 0 Å². The Morgan fingerprint density at radius 2 is 1.86 bits per heavy atom. The third-order valence-corrected chi connectivity index (χ3v) is 1.99. The van der Waals surface area contributed by atoms with Crippen molar-refractivity contribution in [2.24, 2.45) is 0 Å². The molecule has 14 heavy (non-hydrogen) atoms. The first-order valence-electron chi connectivity index (χ1n) is 4.46. The molecule has 0 spiro atoms. The highest BCUT2D eigenvalue weighted by molar-refractivity contribution is 5.80. The minimum Gasteiger partial charge on any atom is -0.364 e. The van der Waals surface area contributed by atoms with Crippen LogP contribution < -0.4 is 0 Å². The van der Waals surface area contributed by atoms with Crippen molar-refractivity contribution >= 4 is 5.84 Å². The topological polar surface area (TPSA) is 36.3 Å². The molecule has 0 saturated carbocycles. The maximum Gasteiger partial charge on any atom is 0.411 e. The lowest BCUT2D eigenvalue weighted by Gasteiger charge is -2.18. The zero-order chi connectivity index (χ0) is 10.6. The van der Waals surface area contributed by atoms with Crippen molar-refractivity contribution in [3.8, 4) is 0 Å². The van der Waals surface area contributed by atoms with Crippen LogP contribution in [0.5, 0.6) is 0 Å². The van der Waals surface area contributed by atoms with Gasteiger partial charge in [-0.25, -0.2) is 0 Å². The predicted molar refractivity (Wildman–Crippen MR) is 45.4 cm³/mol. The van der Waals surface area contributed by atoms with Gasteiger partial charge in [0.05, 0.1) is 0 Å². The molecule has 1 aliphatic heterocycles. The van der Waals surface area contributed by atoms with Crippen LogP contribution in [0.2, 0.25) is 0 Å². The third-order valence-electron chi connectivity index (χ3n) is 1.99. The number of rotatable bonds is 3. The molecule has 0 atom stereocenters. The molecule has 0 aromatic rings. The number of hydrogen-bond acceptors (Lipinski definition) is 2. The van der Waals surface area contributed by atoms with Gasteiger partial charge in [-0.1, -0.05) is 0 Å². The van der Waals surface area contributed by atoms with Crippen LogP contribution >= 0.6 is 0 Å². The smallest absolute Gasteiger partial charge is 0.364 e. The first-order chi connectivity index (χ1) is 6.49. The summed E-state index contributed by atoms with van der Waals surface area (Å²) in [4.78, 5) is 1.75. The van der Waals surface area contributed by atoms with E-state index in [1.807, 2.05) is 0 Å². The van der Waals surface area contributed by atoms with E-state index in [4.69, 9.17) is 5.41 Å².